The van der Waals surface area contributed by atoms with Gasteiger partial charge in [-0.2, -0.15) is 0 Å². The zero-order chi connectivity index (χ0) is 9.84. The average molecular weight is 182 g/mol. The van der Waals surface area contributed by atoms with Crippen LogP contribution in [0.1, 0.15) is 52.9 Å². The molecular weight excluding hydrogens is 160 g/mol. The standard InChI is InChI=1S/C12H22O/c1-4-9(3)12(13)11-7-6-10(5-2)8-11/h9-11H,4-8H2,1-3H3. The van der Waals surface area contributed by atoms with Crippen molar-refractivity contribution in [1.82, 2.24) is 0 Å². The highest BCUT2D eigenvalue weighted by molar-refractivity contribution is 5.83. The molecule has 0 amide bonds. The minimum Gasteiger partial charge on any atom is -0.299 e. The molecule has 1 saturated carbocycles. The third-order valence-corrected chi connectivity index (χ3v) is 3.62. The minimum atomic E-state index is 0.292. The summed E-state index contributed by atoms with van der Waals surface area (Å²) in [5.74, 6) is 2.05. The van der Waals surface area contributed by atoms with Crippen LogP contribution in [0.4, 0.5) is 0 Å². The van der Waals surface area contributed by atoms with E-state index in [0.29, 0.717) is 17.6 Å². The van der Waals surface area contributed by atoms with Gasteiger partial charge in [0.2, 0.25) is 0 Å². The molecule has 0 bridgehead atoms. The number of hydrogen-bond acceptors (Lipinski definition) is 1. The molecule has 76 valence electrons. The molecule has 1 heteroatoms. The highest BCUT2D eigenvalue weighted by atomic mass is 16.1. The molecule has 0 aliphatic heterocycles. The Labute approximate surface area is 81.9 Å². The van der Waals surface area contributed by atoms with Crippen molar-refractivity contribution < 1.29 is 4.79 Å². The summed E-state index contributed by atoms with van der Waals surface area (Å²) >= 11 is 0. The maximum Gasteiger partial charge on any atom is 0.138 e. The fraction of sp³-hybridized carbons (Fsp3) is 0.917. The van der Waals surface area contributed by atoms with Gasteiger partial charge in [-0.05, 0) is 31.6 Å². The van der Waals surface area contributed by atoms with E-state index in [0.717, 1.165) is 18.8 Å². The lowest BCUT2D eigenvalue weighted by molar-refractivity contribution is -0.126. The normalized spacial score (nSPS) is 30.4. The van der Waals surface area contributed by atoms with Crippen LogP contribution in [0.5, 0.6) is 0 Å². The van der Waals surface area contributed by atoms with Crippen LogP contribution in [-0.4, -0.2) is 5.78 Å². The molecule has 1 rings (SSSR count). The number of rotatable bonds is 4. The van der Waals surface area contributed by atoms with Crippen molar-refractivity contribution in [2.24, 2.45) is 17.8 Å². The topological polar surface area (TPSA) is 17.1 Å². The summed E-state index contributed by atoms with van der Waals surface area (Å²) in [6.07, 6.45) is 5.86. The van der Waals surface area contributed by atoms with Crippen LogP contribution in [0.15, 0.2) is 0 Å². The van der Waals surface area contributed by atoms with Gasteiger partial charge in [-0.1, -0.05) is 27.2 Å². The fourth-order valence-electron chi connectivity index (χ4n) is 2.31. The van der Waals surface area contributed by atoms with Crippen molar-refractivity contribution in [1.29, 1.82) is 0 Å². The molecule has 0 spiro atoms. The first-order chi connectivity index (χ1) is 6.19. The smallest absolute Gasteiger partial charge is 0.138 e. The first kappa shape index (κ1) is 10.7. The molecule has 0 saturated heterocycles. The third-order valence-electron chi connectivity index (χ3n) is 3.62. The maximum atomic E-state index is 11.8. The maximum absolute atomic E-state index is 11.8. The van der Waals surface area contributed by atoms with Crippen molar-refractivity contribution in [2.45, 2.75) is 52.9 Å². The Morgan fingerprint density at radius 3 is 2.54 bits per heavy atom. The van der Waals surface area contributed by atoms with Gasteiger partial charge in [0, 0.05) is 11.8 Å². The van der Waals surface area contributed by atoms with E-state index in [1.54, 1.807) is 0 Å². The molecule has 0 N–H and O–H groups in total. The molecular formula is C12H22O. The summed E-state index contributed by atoms with van der Waals surface area (Å²) in [6, 6.07) is 0. The number of Topliss-reactive ketones (excluding diaryl/α,β-unsaturated/α-hetero) is 1. The quantitative estimate of drug-likeness (QED) is 0.651. The summed E-state index contributed by atoms with van der Waals surface area (Å²) in [5, 5.41) is 0. The highest BCUT2D eigenvalue weighted by Gasteiger charge is 2.30. The number of hydrogen-bond donors (Lipinski definition) is 0. The monoisotopic (exact) mass is 182 g/mol. The van der Waals surface area contributed by atoms with E-state index < -0.39 is 0 Å². The molecule has 0 aromatic carbocycles. The Balaban J connectivity index is 2.41. The van der Waals surface area contributed by atoms with Gasteiger partial charge in [0.05, 0.1) is 0 Å². The second-order valence-corrected chi connectivity index (χ2v) is 4.50. The van der Waals surface area contributed by atoms with Crippen LogP contribution < -0.4 is 0 Å². The van der Waals surface area contributed by atoms with Gasteiger partial charge in [-0.25, -0.2) is 0 Å². The average Bonchev–Trinajstić information content (AvgIpc) is 2.63. The first-order valence-electron chi connectivity index (χ1n) is 5.72. The summed E-state index contributed by atoms with van der Waals surface area (Å²) < 4.78 is 0. The van der Waals surface area contributed by atoms with E-state index in [-0.39, 0.29) is 0 Å². The summed E-state index contributed by atoms with van der Waals surface area (Å²) in [4.78, 5) is 11.8. The van der Waals surface area contributed by atoms with Crippen LogP contribution in [0.2, 0.25) is 0 Å². The molecule has 3 unspecified atom stereocenters. The first-order valence-corrected chi connectivity index (χ1v) is 5.72. The molecule has 0 radical (unpaired) electrons. The summed E-state index contributed by atoms with van der Waals surface area (Å²) in [7, 11) is 0. The van der Waals surface area contributed by atoms with Gasteiger partial charge < -0.3 is 0 Å². The Kier molecular flexibility index (Phi) is 3.95. The van der Waals surface area contributed by atoms with E-state index in [1.807, 2.05) is 0 Å². The Bertz CT molecular complexity index is 174. The van der Waals surface area contributed by atoms with Crippen molar-refractivity contribution in [2.75, 3.05) is 0 Å². The Morgan fingerprint density at radius 2 is 2.08 bits per heavy atom. The molecule has 0 heterocycles. The SMILES string of the molecule is CCC1CCC(C(=O)C(C)CC)C1. The zero-order valence-corrected chi connectivity index (χ0v) is 9.18. The molecule has 1 aliphatic carbocycles. The Hall–Kier alpha value is -0.330. The van der Waals surface area contributed by atoms with Crippen LogP contribution >= 0.6 is 0 Å². The van der Waals surface area contributed by atoms with E-state index in [2.05, 4.69) is 20.8 Å². The van der Waals surface area contributed by atoms with Crippen molar-refractivity contribution in [3.8, 4) is 0 Å². The lowest BCUT2D eigenvalue weighted by Crippen LogP contribution is -2.19. The second kappa shape index (κ2) is 4.78. The van der Waals surface area contributed by atoms with E-state index in [4.69, 9.17) is 0 Å². The molecule has 0 aromatic rings. The molecule has 0 aromatic heterocycles. The van der Waals surface area contributed by atoms with Crippen LogP contribution in [0, 0.1) is 17.8 Å². The van der Waals surface area contributed by atoms with E-state index >= 15 is 0 Å². The van der Waals surface area contributed by atoms with Crippen LogP contribution in [0.3, 0.4) is 0 Å². The lowest BCUT2D eigenvalue weighted by atomic mass is 9.90. The van der Waals surface area contributed by atoms with Crippen LogP contribution in [0.25, 0.3) is 0 Å². The van der Waals surface area contributed by atoms with Gasteiger partial charge in [0.1, 0.15) is 5.78 Å². The minimum absolute atomic E-state index is 0.292. The Morgan fingerprint density at radius 1 is 1.38 bits per heavy atom. The molecule has 3 atom stereocenters. The number of carbonyl (C=O) groups is 1. The van der Waals surface area contributed by atoms with Gasteiger partial charge in [0.15, 0.2) is 0 Å². The van der Waals surface area contributed by atoms with E-state index in [9.17, 15) is 4.79 Å². The lowest BCUT2D eigenvalue weighted by Gasteiger charge is -2.13. The van der Waals surface area contributed by atoms with Gasteiger partial charge >= 0.3 is 0 Å². The predicted molar refractivity (Wildman–Crippen MR) is 55.6 cm³/mol. The molecule has 1 aliphatic rings. The van der Waals surface area contributed by atoms with Crippen molar-refractivity contribution >= 4 is 5.78 Å². The van der Waals surface area contributed by atoms with Crippen molar-refractivity contribution in [3.63, 3.8) is 0 Å². The number of carbonyl (C=O) groups excluding carboxylic acids is 1. The largest absolute Gasteiger partial charge is 0.299 e. The zero-order valence-electron chi connectivity index (χ0n) is 9.18. The summed E-state index contributed by atoms with van der Waals surface area (Å²) in [5.41, 5.74) is 0. The molecule has 13 heavy (non-hydrogen) atoms. The highest BCUT2D eigenvalue weighted by Crippen LogP contribution is 2.35. The van der Waals surface area contributed by atoms with Crippen LogP contribution in [-0.2, 0) is 4.79 Å². The van der Waals surface area contributed by atoms with Gasteiger partial charge in [-0.15, -0.1) is 0 Å². The number of ketones is 1. The van der Waals surface area contributed by atoms with Gasteiger partial charge in [-0.3, -0.25) is 4.79 Å². The fourth-order valence-corrected chi connectivity index (χ4v) is 2.31. The third kappa shape index (κ3) is 2.55. The second-order valence-electron chi connectivity index (χ2n) is 4.50. The molecule has 1 nitrogen and oxygen atoms in total. The van der Waals surface area contributed by atoms with Gasteiger partial charge in [0.25, 0.3) is 0 Å². The summed E-state index contributed by atoms with van der Waals surface area (Å²) in [6.45, 7) is 6.41. The molecule has 1 fully saturated rings. The van der Waals surface area contributed by atoms with Crippen molar-refractivity contribution in [3.05, 3.63) is 0 Å². The van der Waals surface area contributed by atoms with E-state index in [1.165, 1.54) is 19.3 Å². The predicted octanol–water partition coefficient (Wildman–Crippen LogP) is 3.43.